The largest absolute Gasteiger partial charge is 0.398 e. The number of nitrogens with zero attached hydrogens (tertiary/aromatic N) is 2. The van der Waals surface area contributed by atoms with E-state index in [1.165, 1.54) is 108 Å². The van der Waals surface area contributed by atoms with Crippen LogP contribution in [0.3, 0.4) is 0 Å². The summed E-state index contributed by atoms with van der Waals surface area (Å²) < 4.78 is 0. The standard InChI is InChI=1S/C30H61N5/c1-5-9-10-11-12-13-14-15-16-17-18-19-20-21-22-23-29(7-3,8-4)27(6-2)28(31)30(32,33)35-25-24-34-26-35/h26H,5-25,31-33H2,1-4H3. The topological polar surface area (TPSA) is 93.7 Å². The van der Waals surface area contributed by atoms with Crippen molar-refractivity contribution in [3.8, 4) is 0 Å². The van der Waals surface area contributed by atoms with Crippen molar-refractivity contribution < 1.29 is 0 Å². The zero-order valence-electron chi connectivity index (χ0n) is 24.1. The van der Waals surface area contributed by atoms with Crippen molar-refractivity contribution in [3.05, 3.63) is 11.3 Å². The lowest BCUT2D eigenvalue weighted by Gasteiger charge is -2.41. The summed E-state index contributed by atoms with van der Waals surface area (Å²) in [7, 11) is 0. The summed E-state index contributed by atoms with van der Waals surface area (Å²) in [6.07, 6.45) is 26.9. The molecule has 0 amide bonds. The fourth-order valence-electron chi connectivity index (χ4n) is 5.92. The zero-order valence-corrected chi connectivity index (χ0v) is 24.1. The lowest BCUT2D eigenvalue weighted by molar-refractivity contribution is 0.227. The third-order valence-corrected chi connectivity index (χ3v) is 8.53. The average molecular weight is 492 g/mol. The summed E-state index contributed by atoms with van der Waals surface area (Å²) in [5.41, 5.74) is 21.8. The Morgan fingerprint density at radius 3 is 1.57 bits per heavy atom. The molecule has 0 aliphatic carbocycles. The van der Waals surface area contributed by atoms with Crippen LogP contribution in [0.5, 0.6) is 0 Å². The Labute approximate surface area is 218 Å². The van der Waals surface area contributed by atoms with Crippen molar-refractivity contribution in [2.24, 2.45) is 27.6 Å². The van der Waals surface area contributed by atoms with E-state index in [0.29, 0.717) is 5.70 Å². The predicted octanol–water partition coefficient (Wildman–Crippen LogP) is 7.59. The molecule has 0 saturated heterocycles. The fraction of sp³-hybridized carbons (Fsp3) is 0.900. The minimum absolute atomic E-state index is 0.0935. The highest BCUT2D eigenvalue weighted by Crippen LogP contribution is 2.43. The normalized spacial score (nSPS) is 15.2. The van der Waals surface area contributed by atoms with Crippen molar-refractivity contribution in [1.29, 1.82) is 0 Å². The Bertz CT molecular complexity index is 592. The van der Waals surface area contributed by atoms with E-state index in [4.69, 9.17) is 17.2 Å². The van der Waals surface area contributed by atoms with Crippen molar-refractivity contribution in [2.45, 2.75) is 155 Å². The van der Waals surface area contributed by atoms with E-state index in [2.05, 4.69) is 32.7 Å². The number of unbranched alkanes of at least 4 members (excludes halogenated alkanes) is 14. The lowest BCUT2D eigenvalue weighted by Crippen LogP contribution is -2.65. The fourth-order valence-corrected chi connectivity index (χ4v) is 5.92. The molecule has 1 aliphatic heterocycles. The van der Waals surface area contributed by atoms with Gasteiger partial charge in [-0.15, -0.1) is 0 Å². The van der Waals surface area contributed by atoms with E-state index in [9.17, 15) is 0 Å². The molecule has 0 spiro atoms. The highest BCUT2D eigenvalue weighted by molar-refractivity contribution is 5.59. The number of hydrogen-bond acceptors (Lipinski definition) is 5. The maximum absolute atomic E-state index is 6.71. The molecule has 0 radical (unpaired) electrons. The molecule has 5 heteroatoms. The van der Waals surface area contributed by atoms with Gasteiger partial charge >= 0.3 is 0 Å². The summed E-state index contributed by atoms with van der Waals surface area (Å²) in [5.74, 6) is -1.16. The van der Waals surface area contributed by atoms with Gasteiger partial charge in [0, 0.05) is 6.54 Å². The minimum atomic E-state index is -1.16. The van der Waals surface area contributed by atoms with E-state index in [1.54, 1.807) is 6.34 Å². The van der Waals surface area contributed by atoms with Gasteiger partial charge in [0.2, 0.25) is 0 Å². The van der Waals surface area contributed by atoms with Crippen LogP contribution in [0.2, 0.25) is 0 Å². The molecule has 206 valence electrons. The molecule has 1 aliphatic rings. The monoisotopic (exact) mass is 491 g/mol. The van der Waals surface area contributed by atoms with Crippen molar-refractivity contribution >= 4 is 6.34 Å². The Morgan fingerprint density at radius 2 is 1.20 bits per heavy atom. The van der Waals surface area contributed by atoms with Crippen LogP contribution in [0.1, 0.15) is 150 Å². The summed E-state index contributed by atoms with van der Waals surface area (Å²) in [4.78, 5) is 6.18. The number of nitrogens with two attached hydrogens (primary N) is 3. The molecule has 6 N–H and O–H groups in total. The minimum Gasteiger partial charge on any atom is -0.398 e. The summed E-state index contributed by atoms with van der Waals surface area (Å²) in [6.45, 7) is 10.5. The van der Waals surface area contributed by atoms with Crippen LogP contribution in [0.25, 0.3) is 0 Å². The van der Waals surface area contributed by atoms with Crippen LogP contribution >= 0.6 is 0 Å². The van der Waals surface area contributed by atoms with Crippen molar-refractivity contribution in [1.82, 2.24) is 4.90 Å². The van der Waals surface area contributed by atoms with Crippen LogP contribution in [0.15, 0.2) is 16.3 Å². The molecule has 0 fully saturated rings. The van der Waals surface area contributed by atoms with Gasteiger partial charge in [0.1, 0.15) is 0 Å². The van der Waals surface area contributed by atoms with Gasteiger partial charge in [0.25, 0.3) is 0 Å². The van der Waals surface area contributed by atoms with Gasteiger partial charge < -0.3 is 10.6 Å². The molecule has 1 heterocycles. The molecule has 0 aromatic rings. The smallest absolute Gasteiger partial charge is 0.183 e. The molecular formula is C30H61N5. The number of hydrogen-bond donors (Lipinski definition) is 3. The van der Waals surface area contributed by atoms with Crippen LogP contribution in [-0.2, 0) is 0 Å². The van der Waals surface area contributed by atoms with E-state index >= 15 is 0 Å². The molecule has 35 heavy (non-hydrogen) atoms. The van der Waals surface area contributed by atoms with Crippen molar-refractivity contribution in [3.63, 3.8) is 0 Å². The van der Waals surface area contributed by atoms with E-state index in [1.807, 2.05) is 4.90 Å². The van der Waals surface area contributed by atoms with Gasteiger partial charge in [0.15, 0.2) is 5.79 Å². The van der Waals surface area contributed by atoms with E-state index in [0.717, 1.165) is 32.4 Å². The highest BCUT2D eigenvalue weighted by Gasteiger charge is 2.38. The van der Waals surface area contributed by atoms with Gasteiger partial charge in [0.05, 0.1) is 18.6 Å². The Balaban J connectivity index is 2.35. The molecule has 0 saturated carbocycles. The maximum atomic E-state index is 6.71. The zero-order chi connectivity index (χ0) is 26.0. The number of aliphatic imine (C=N–C) groups is 1. The number of allylic oxidation sites excluding steroid dienone is 1. The van der Waals surface area contributed by atoms with Crippen LogP contribution in [-0.4, -0.2) is 30.1 Å². The highest BCUT2D eigenvalue weighted by atomic mass is 15.4. The third kappa shape index (κ3) is 10.8. The molecule has 0 atom stereocenters. The Morgan fingerprint density at radius 1 is 0.743 bits per heavy atom. The molecule has 5 nitrogen and oxygen atoms in total. The molecule has 0 aromatic carbocycles. The Kier molecular flexibility index (Phi) is 16.6. The van der Waals surface area contributed by atoms with Gasteiger partial charge in [-0.05, 0) is 36.7 Å². The molecular weight excluding hydrogens is 430 g/mol. The van der Waals surface area contributed by atoms with E-state index in [-0.39, 0.29) is 5.41 Å². The van der Waals surface area contributed by atoms with Crippen molar-refractivity contribution in [2.75, 3.05) is 13.1 Å². The van der Waals surface area contributed by atoms with Gasteiger partial charge in [-0.3, -0.25) is 16.5 Å². The average Bonchev–Trinajstić information content (AvgIpc) is 3.41. The summed E-state index contributed by atoms with van der Waals surface area (Å²) in [6, 6.07) is 0. The molecule has 1 rings (SSSR count). The van der Waals surface area contributed by atoms with E-state index < -0.39 is 5.79 Å². The molecule has 0 bridgehead atoms. The lowest BCUT2D eigenvalue weighted by atomic mass is 9.69. The SMILES string of the molecule is CCCCCCCCCCCCCCCCCC(CC)(CC)C(CC)=C(N)C(N)(N)N1C=NCC1. The van der Waals surface area contributed by atoms with Gasteiger partial charge in [-0.25, -0.2) is 0 Å². The summed E-state index contributed by atoms with van der Waals surface area (Å²) in [5, 5.41) is 0. The van der Waals surface area contributed by atoms with Crippen LogP contribution in [0.4, 0.5) is 0 Å². The Hall–Kier alpha value is -1.07. The second kappa shape index (κ2) is 18.2. The van der Waals surface area contributed by atoms with Gasteiger partial charge in [-0.1, -0.05) is 124 Å². The summed E-state index contributed by atoms with van der Waals surface area (Å²) >= 11 is 0. The first kappa shape index (κ1) is 32.0. The molecule has 0 unspecified atom stereocenters. The first-order valence-corrected chi connectivity index (χ1v) is 15.2. The maximum Gasteiger partial charge on any atom is 0.183 e. The second-order valence-corrected chi connectivity index (χ2v) is 11.0. The number of rotatable bonds is 22. The quantitative estimate of drug-likeness (QED) is 0.107. The second-order valence-electron chi connectivity index (χ2n) is 11.0. The molecule has 0 aromatic heterocycles. The van der Waals surface area contributed by atoms with Crippen LogP contribution < -0.4 is 17.2 Å². The predicted molar refractivity (Wildman–Crippen MR) is 155 cm³/mol. The third-order valence-electron chi connectivity index (χ3n) is 8.53. The first-order valence-electron chi connectivity index (χ1n) is 15.2. The van der Waals surface area contributed by atoms with Crippen LogP contribution in [0, 0.1) is 5.41 Å². The van der Waals surface area contributed by atoms with Gasteiger partial charge in [-0.2, -0.15) is 0 Å². The first-order chi connectivity index (χ1) is 16.9.